The Kier molecular flexibility index (Phi) is 2.72. The molecule has 5 heteroatoms. The number of phenolic OH excluding ortho intramolecular Hbond substituents is 3. The zero-order valence-electron chi connectivity index (χ0n) is 8.29. The van der Waals surface area contributed by atoms with Crippen molar-refractivity contribution < 1.29 is 15.3 Å². The van der Waals surface area contributed by atoms with E-state index in [1.807, 2.05) is 16.8 Å². The van der Waals surface area contributed by atoms with E-state index in [0.717, 1.165) is 5.56 Å². The molecule has 84 valence electrons. The Balaban J connectivity index is 2.45. The van der Waals surface area contributed by atoms with Crippen LogP contribution >= 0.6 is 11.3 Å². The summed E-state index contributed by atoms with van der Waals surface area (Å²) >= 11 is 1.50. The van der Waals surface area contributed by atoms with E-state index in [1.54, 1.807) is 0 Å². The summed E-state index contributed by atoms with van der Waals surface area (Å²) in [5.74, 6) is -1.28. The Hall–Kier alpha value is -1.72. The van der Waals surface area contributed by atoms with Gasteiger partial charge in [-0.25, -0.2) is 0 Å². The molecular weight excluding hydrogens is 226 g/mol. The molecule has 0 radical (unpaired) electrons. The molecule has 0 aliphatic rings. The molecule has 0 fully saturated rings. The highest BCUT2D eigenvalue weighted by Gasteiger charge is 2.18. The average molecular weight is 237 g/mol. The standard InChI is InChI=1S/C11H11NO3S/c12-9(6-3-4-16-5-6)7-1-2-8(13)11(15)10(7)14/h1-5,9,13-15H,12H2/t9-/m1/s1. The molecular formula is C11H11NO3S. The van der Waals surface area contributed by atoms with Gasteiger partial charge in [-0.2, -0.15) is 11.3 Å². The van der Waals surface area contributed by atoms with Crippen molar-refractivity contribution in [2.24, 2.45) is 5.73 Å². The van der Waals surface area contributed by atoms with Gasteiger partial charge < -0.3 is 21.1 Å². The lowest BCUT2D eigenvalue weighted by Gasteiger charge is -2.13. The molecule has 0 spiro atoms. The first kappa shape index (κ1) is 10.8. The third-order valence-corrected chi connectivity index (χ3v) is 3.10. The number of aromatic hydroxyl groups is 3. The summed E-state index contributed by atoms with van der Waals surface area (Å²) in [4.78, 5) is 0. The SMILES string of the molecule is N[C@H](c1ccsc1)c1ccc(O)c(O)c1O. The van der Waals surface area contributed by atoms with Crippen molar-refractivity contribution in [1.82, 2.24) is 0 Å². The lowest BCUT2D eigenvalue weighted by atomic mass is 10.0. The molecule has 0 saturated carbocycles. The molecule has 16 heavy (non-hydrogen) atoms. The Morgan fingerprint density at radius 3 is 2.44 bits per heavy atom. The second kappa shape index (κ2) is 4.03. The zero-order chi connectivity index (χ0) is 11.7. The molecule has 0 aliphatic heterocycles. The number of rotatable bonds is 2. The van der Waals surface area contributed by atoms with Gasteiger partial charge in [0.1, 0.15) is 0 Å². The van der Waals surface area contributed by atoms with Crippen molar-refractivity contribution in [3.8, 4) is 17.2 Å². The molecule has 1 aromatic heterocycles. The number of benzene rings is 1. The molecule has 0 amide bonds. The van der Waals surface area contributed by atoms with Gasteiger partial charge in [-0.1, -0.05) is 0 Å². The Morgan fingerprint density at radius 1 is 1.06 bits per heavy atom. The summed E-state index contributed by atoms with van der Waals surface area (Å²) < 4.78 is 0. The van der Waals surface area contributed by atoms with Gasteiger partial charge in [-0.15, -0.1) is 0 Å². The van der Waals surface area contributed by atoms with Crippen LogP contribution in [0.25, 0.3) is 0 Å². The number of phenols is 3. The third-order valence-electron chi connectivity index (χ3n) is 2.40. The highest BCUT2D eigenvalue weighted by Crippen LogP contribution is 2.40. The largest absolute Gasteiger partial charge is 0.504 e. The number of thiophene rings is 1. The zero-order valence-corrected chi connectivity index (χ0v) is 9.11. The maximum Gasteiger partial charge on any atom is 0.200 e. The number of hydrogen-bond acceptors (Lipinski definition) is 5. The molecule has 0 unspecified atom stereocenters. The normalized spacial score (nSPS) is 12.6. The second-order valence-corrected chi connectivity index (χ2v) is 4.19. The minimum Gasteiger partial charge on any atom is -0.504 e. The first-order valence-corrected chi connectivity index (χ1v) is 5.57. The minimum atomic E-state index is -0.539. The molecule has 2 rings (SSSR count). The molecule has 0 aliphatic carbocycles. The predicted octanol–water partition coefficient (Wildman–Crippen LogP) is 1.91. The van der Waals surface area contributed by atoms with E-state index in [2.05, 4.69) is 0 Å². The highest BCUT2D eigenvalue weighted by molar-refractivity contribution is 7.08. The van der Waals surface area contributed by atoms with Crippen LogP contribution in [0.15, 0.2) is 29.0 Å². The summed E-state index contributed by atoms with van der Waals surface area (Å²) in [7, 11) is 0. The van der Waals surface area contributed by atoms with Crippen LogP contribution in [0.3, 0.4) is 0 Å². The van der Waals surface area contributed by atoms with Gasteiger partial charge >= 0.3 is 0 Å². The van der Waals surface area contributed by atoms with Gasteiger partial charge in [-0.3, -0.25) is 0 Å². The first-order chi connectivity index (χ1) is 7.61. The lowest BCUT2D eigenvalue weighted by Crippen LogP contribution is -2.10. The molecule has 0 bridgehead atoms. The quantitative estimate of drug-likeness (QED) is 0.601. The smallest absolute Gasteiger partial charge is 0.200 e. The third kappa shape index (κ3) is 1.70. The van der Waals surface area contributed by atoms with E-state index in [0.29, 0.717) is 5.56 Å². The maximum atomic E-state index is 9.66. The summed E-state index contributed by atoms with van der Waals surface area (Å²) in [5.41, 5.74) is 7.17. The van der Waals surface area contributed by atoms with Gasteiger partial charge in [-0.05, 0) is 34.5 Å². The molecule has 4 nitrogen and oxygen atoms in total. The van der Waals surface area contributed by atoms with E-state index in [1.165, 1.54) is 23.5 Å². The van der Waals surface area contributed by atoms with Crippen LogP contribution < -0.4 is 5.73 Å². The number of hydrogen-bond donors (Lipinski definition) is 4. The van der Waals surface area contributed by atoms with Crippen LogP contribution in [0.1, 0.15) is 17.2 Å². The van der Waals surface area contributed by atoms with Crippen LogP contribution in [-0.4, -0.2) is 15.3 Å². The van der Waals surface area contributed by atoms with Crippen LogP contribution in [0, 0.1) is 0 Å². The van der Waals surface area contributed by atoms with Crippen molar-refractivity contribution >= 4 is 11.3 Å². The monoisotopic (exact) mass is 237 g/mol. The summed E-state index contributed by atoms with van der Waals surface area (Å²) in [5, 5.41) is 32.0. The second-order valence-electron chi connectivity index (χ2n) is 3.41. The van der Waals surface area contributed by atoms with Crippen molar-refractivity contribution in [3.05, 3.63) is 40.1 Å². The maximum absolute atomic E-state index is 9.66. The summed E-state index contributed by atoms with van der Waals surface area (Å²) in [6.45, 7) is 0. The fourth-order valence-corrected chi connectivity index (χ4v) is 2.16. The van der Waals surface area contributed by atoms with E-state index in [-0.39, 0.29) is 11.5 Å². The summed E-state index contributed by atoms with van der Waals surface area (Å²) in [6, 6.07) is 4.12. The van der Waals surface area contributed by atoms with Crippen LogP contribution in [0.4, 0.5) is 0 Å². The van der Waals surface area contributed by atoms with Gasteiger partial charge in [0, 0.05) is 5.56 Å². The van der Waals surface area contributed by atoms with Crippen molar-refractivity contribution in [1.29, 1.82) is 0 Å². The van der Waals surface area contributed by atoms with E-state index < -0.39 is 11.8 Å². The van der Waals surface area contributed by atoms with Crippen LogP contribution in [0.5, 0.6) is 17.2 Å². The van der Waals surface area contributed by atoms with Crippen molar-refractivity contribution in [3.63, 3.8) is 0 Å². The number of nitrogens with two attached hydrogens (primary N) is 1. The Bertz CT molecular complexity index is 496. The van der Waals surface area contributed by atoms with E-state index >= 15 is 0 Å². The highest BCUT2D eigenvalue weighted by atomic mass is 32.1. The molecule has 1 aromatic carbocycles. The van der Waals surface area contributed by atoms with Gasteiger partial charge in [0.05, 0.1) is 6.04 Å². The molecule has 1 atom stereocenters. The van der Waals surface area contributed by atoms with Crippen LogP contribution in [-0.2, 0) is 0 Å². The summed E-state index contributed by atoms with van der Waals surface area (Å²) in [6.07, 6.45) is 0. The van der Waals surface area contributed by atoms with Crippen molar-refractivity contribution in [2.45, 2.75) is 6.04 Å². The van der Waals surface area contributed by atoms with Gasteiger partial charge in [0.25, 0.3) is 0 Å². The first-order valence-electron chi connectivity index (χ1n) is 4.62. The molecule has 1 heterocycles. The average Bonchev–Trinajstić information content (AvgIpc) is 2.79. The molecule has 0 saturated heterocycles. The van der Waals surface area contributed by atoms with E-state index in [4.69, 9.17) is 5.73 Å². The topological polar surface area (TPSA) is 86.7 Å². The Labute approximate surface area is 96.2 Å². The van der Waals surface area contributed by atoms with Crippen molar-refractivity contribution in [2.75, 3.05) is 0 Å². The molecule has 5 N–H and O–H groups in total. The fourth-order valence-electron chi connectivity index (χ4n) is 1.47. The van der Waals surface area contributed by atoms with E-state index in [9.17, 15) is 15.3 Å². The van der Waals surface area contributed by atoms with Gasteiger partial charge in [0.15, 0.2) is 11.5 Å². The molecule has 2 aromatic rings. The minimum absolute atomic E-state index is 0.362. The van der Waals surface area contributed by atoms with Crippen LogP contribution in [0.2, 0.25) is 0 Å². The Morgan fingerprint density at radius 2 is 1.81 bits per heavy atom. The fraction of sp³-hybridized carbons (Fsp3) is 0.0909. The predicted molar refractivity (Wildman–Crippen MR) is 61.8 cm³/mol. The van der Waals surface area contributed by atoms with Gasteiger partial charge in [0.2, 0.25) is 5.75 Å². The lowest BCUT2D eigenvalue weighted by molar-refractivity contribution is 0.364.